The van der Waals surface area contributed by atoms with Gasteiger partial charge in [-0.25, -0.2) is 0 Å². The first-order valence-electron chi connectivity index (χ1n) is 12.1. The molecule has 0 bridgehead atoms. The SMILES string of the molecule is CN[C@@H](CCc1cc(O)n(CCCC(=O)NC2CN[C@H](C(=O)N3CCC[C@H]3C)C2)c1O)C(N)=O. The molecule has 2 aliphatic heterocycles. The highest BCUT2D eigenvalue weighted by Crippen LogP contribution is 2.29. The van der Waals surface area contributed by atoms with Gasteiger partial charge >= 0.3 is 0 Å². The Morgan fingerprint density at radius 2 is 2.09 bits per heavy atom. The van der Waals surface area contributed by atoms with Crippen LogP contribution in [-0.2, 0) is 27.3 Å². The van der Waals surface area contributed by atoms with Crippen molar-refractivity contribution in [3.05, 3.63) is 11.6 Å². The maximum absolute atomic E-state index is 12.7. The molecule has 3 heterocycles. The molecule has 0 aliphatic carbocycles. The molecule has 4 atom stereocenters. The maximum atomic E-state index is 12.7. The zero-order valence-electron chi connectivity index (χ0n) is 20.0. The molecule has 1 unspecified atom stereocenters. The second kappa shape index (κ2) is 11.6. The molecule has 0 spiro atoms. The highest BCUT2D eigenvalue weighted by atomic mass is 16.3. The van der Waals surface area contributed by atoms with Crippen molar-refractivity contribution in [2.45, 2.75) is 82.6 Å². The van der Waals surface area contributed by atoms with Crippen LogP contribution in [-0.4, -0.2) is 81.7 Å². The van der Waals surface area contributed by atoms with Crippen LogP contribution in [0.2, 0.25) is 0 Å². The Kier molecular flexibility index (Phi) is 8.78. The smallest absolute Gasteiger partial charge is 0.240 e. The van der Waals surface area contributed by atoms with Gasteiger partial charge in [-0.05, 0) is 52.5 Å². The molecule has 2 saturated heterocycles. The van der Waals surface area contributed by atoms with E-state index in [2.05, 4.69) is 22.9 Å². The first-order chi connectivity index (χ1) is 16.2. The largest absolute Gasteiger partial charge is 0.494 e. The van der Waals surface area contributed by atoms with Crippen LogP contribution in [0.3, 0.4) is 0 Å². The first kappa shape index (κ1) is 25.8. The van der Waals surface area contributed by atoms with E-state index in [1.54, 1.807) is 7.05 Å². The average molecular weight is 479 g/mol. The van der Waals surface area contributed by atoms with Crippen molar-refractivity contribution in [3.63, 3.8) is 0 Å². The quantitative estimate of drug-likeness (QED) is 0.251. The number of primary amides is 1. The van der Waals surface area contributed by atoms with Crippen LogP contribution in [0, 0.1) is 0 Å². The van der Waals surface area contributed by atoms with Crippen molar-refractivity contribution >= 4 is 17.7 Å². The molecule has 2 fully saturated rings. The van der Waals surface area contributed by atoms with E-state index >= 15 is 0 Å². The zero-order valence-corrected chi connectivity index (χ0v) is 20.0. The number of aromatic nitrogens is 1. The molecule has 11 heteroatoms. The number of rotatable bonds is 11. The number of hydrogen-bond acceptors (Lipinski definition) is 7. The second-order valence-corrected chi connectivity index (χ2v) is 9.37. The highest BCUT2D eigenvalue weighted by molar-refractivity contribution is 5.83. The monoisotopic (exact) mass is 478 g/mol. The summed E-state index contributed by atoms with van der Waals surface area (Å²) in [6.45, 7) is 3.71. The fourth-order valence-corrected chi connectivity index (χ4v) is 4.91. The molecular formula is C23H38N6O5. The van der Waals surface area contributed by atoms with Crippen LogP contribution in [0.1, 0.15) is 51.0 Å². The third kappa shape index (κ3) is 6.20. The number of nitrogens with one attached hydrogen (secondary N) is 3. The number of nitrogens with two attached hydrogens (primary N) is 1. The number of hydrogen-bond donors (Lipinski definition) is 6. The lowest BCUT2D eigenvalue weighted by Gasteiger charge is -2.24. The van der Waals surface area contributed by atoms with E-state index in [1.165, 1.54) is 10.6 Å². The summed E-state index contributed by atoms with van der Waals surface area (Å²) in [5.74, 6) is -0.650. The topological polar surface area (TPSA) is 162 Å². The Labute approximate surface area is 200 Å². The Morgan fingerprint density at radius 3 is 2.74 bits per heavy atom. The van der Waals surface area contributed by atoms with Gasteiger partial charge in [0.2, 0.25) is 17.7 Å². The van der Waals surface area contributed by atoms with Crippen LogP contribution in [0.4, 0.5) is 0 Å². The minimum Gasteiger partial charge on any atom is -0.494 e. The van der Waals surface area contributed by atoms with Gasteiger partial charge in [-0.2, -0.15) is 0 Å². The van der Waals surface area contributed by atoms with Crippen LogP contribution >= 0.6 is 0 Å². The summed E-state index contributed by atoms with van der Waals surface area (Å²) >= 11 is 0. The Hall–Kier alpha value is -2.79. The van der Waals surface area contributed by atoms with E-state index in [-0.39, 0.29) is 54.7 Å². The lowest BCUT2D eigenvalue weighted by molar-refractivity contribution is -0.133. The molecule has 0 saturated carbocycles. The van der Waals surface area contributed by atoms with Gasteiger partial charge in [0, 0.05) is 49.8 Å². The molecule has 1 aromatic heterocycles. The lowest BCUT2D eigenvalue weighted by atomic mass is 10.1. The number of aromatic hydroxyl groups is 2. The maximum Gasteiger partial charge on any atom is 0.240 e. The summed E-state index contributed by atoms with van der Waals surface area (Å²) in [5.41, 5.74) is 5.83. The van der Waals surface area contributed by atoms with Gasteiger partial charge in [-0.15, -0.1) is 0 Å². The number of carbonyl (C=O) groups is 3. The number of likely N-dealkylation sites (tertiary alicyclic amines) is 1. The number of aryl methyl sites for hydroxylation is 1. The molecular weight excluding hydrogens is 440 g/mol. The molecule has 2 aliphatic rings. The van der Waals surface area contributed by atoms with Gasteiger partial charge in [0.15, 0.2) is 11.8 Å². The summed E-state index contributed by atoms with van der Waals surface area (Å²) in [6, 6.07) is 0.871. The lowest BCUT2D eigenvalue weighted by Crippen LogP contribution is -2.45. The number of nitrogens with zero attached hydrogens (tertiary/aromatic N) is 2. The number of likely N-dealkylation sites (N-methyl/N-ethyl adjacent to an activating group) is 1. The van der Waals surface area contributed by atoms with Gasteiger partial charge in [-0.1, -0.05) is 0 Å². The third-order valence-corrected chi connectivity index (χ3v) is 6.93. The molecule has 1 aromatic rings. The molecule has 3 amide bonds. The van der Waals surface area contributed by atoms with Crippen molar-refractivity contribution in [2.75, 3.05) is 20.1 Å². The average Bonchev–Trinajstić information content (AvgIpc) is 3.49. The highest BCUT2D eigenvalue weighted by Gasteiger charge is 2.35. The molecule has 34 heavy (non-hydrogen) atoms. The van der Waals surface area contributed by atoms with Crippen LogP contribution in [0.15, 0.2) is 6.07 Å². The molecule has 7 N–H and O–H groups in total. The second-order valence-electron chi connectivity index (χ2n) is 9.37. The molecule has 190 valence electrons. The summed E-state index contributed by atoms with van der Waals surface area (Å²) in [7, 11) is 1.64. The summed E-state index contributed by atoms with van der Waals surface area (Å²) in [5, 5.41) is 29.6. The fourth-order valence-electron chi connectivity index (χ4n) is 4.91. The summed E-state index contributed by atoms with van der Waals surface area (Å²) < 4.78 is 1.35. The number of amides is 3. The standard InChI is InChI=1S/C23H38N6O5/c1-14-5-3-9-28(14)23(34)18-12-16(13-26-18)27-19(30)6-4-10-29-20(31)11-15(22(29)33)7-8-17(25-2)21(24)32/h11,14,16-18,25-26,31,33H,3-10,12-13H2,1-2H3,(H2,24,32)(H,27,30)/t14-,16?,17+,18+/m1/s1. The molecule has 3 rings (SSSR count). The first-order valence-corrected chi connectivity index (χ1v) is 12.1. The van der Waals surface area contributed by atoms with Crippen LogP contribution in [0.5, 0.6) is 11.8 Å². The normalized spacial score (nSPS) is 23.2. The van der Waals surface area contributed by atoms with E-state index in [9.17, 15) is 24.6 Å². The van der Waals surface area contributed by atoms with E-state index in [4.69, 9.17) is 5.73 Å². The van der Waals surface area contributed by atoms with E-state index in [1.807, 2.05) is 4.90 Å². The predicted molar refractivity (Wildman–Crippen MR) is 126 cm³/mol. The van der Waals surface area contributed by atoms with Crippen molar-refractivity contribution in [2.24, 2.45) is 5.73 Å². The van der Waals surface area contributed by atoms with Crippen LogP contribution in [0.25, 0.3) is 0 Å². The zero-order chi connectivity index (χ0) is 24.8. The van der Waals surface area contributed by atoms with Gasteiger partial charge < -0.3 is 36.8 Å². The Bertz CT molecular complexity index is 887. The Morgan fingerprint density at radius 1 is 1.32 bits per heavy atom. The predicted octanol–water partition coefficient (Wildman–Crippen LogP) is -0.457. The minimum absolute atomic E-state index is 0.0743. The van der Waals surface area contributed by atoms with Gasteiger partial charge in [0.1, 0.15) is 0 Å². The fraction of sp³-hybridized carbons (Fsp3) is 0.696. The van der Waals surface area contributed by atoms with Gasteiger partial charge in [0.05, 0.1) is 12.1 Å². The van der Waals surface area contributed by atoms with E-state index in [0.717, 1.165) is 19.4 Å². The van der Waals surface area contributed by atoms with Crippen molar-refractivity contribution < 1.29 is 24.6 Å². The summed E-state index contributed by atoms with van der Waals surface area (Å²) in [6.07, 6.45) is 4.07. The minimum atomic E-state index is -0.521. The molecule has 0 aromatic carbocycles. The summed E-state index contributed by atoms with van der Waals surface area (Å²) in [4.78, 5) is 38.4. The number of carbonyl (C=O) groups excluding carboxylic acids is 3. The van der Waals surface area contributed by atoms with Gasteiger partial charge in [-0.3, -0.25) is 19.0 Å². The molecule has 11 nitrogen and oxygen atoms in total. The van der Waals surface area contributed by atoms with Gasteiger partial charge in [0.25, 0.3) is 0 Å². The van der Waals surface area contributed by atoms with E-state index < -0.39 is 11.9 Å². The Balaban J connectivity index is 1.41. The van der Waals surface area contributed by atoms with Crippen molar-refractivity contribution in [3.8, 4) is 11.8 Å². The van der Waals surface area contributed by atoms with Crippen molar-refractivity contribution in [1.82, 2.24) is 25.4 Å². The van der Waals surface area contributed by atoms with Crippen molar-refractivity contribution in [1.29, 1.82) is 0 Å². The third-order valence-electron chi connectivity index (χ3n) is 6.93. The molecule has 0 radical (unpaired) electrons. The van der Waals surface area contributed by atoms with Crippen LogP contribution < -0.4 is 21.7 Å². The van der Waals surface area contributed by atoms with E-state index in [0.29, 0.717) is 37.8 Å².